The Bertz CT molecular complexity index is 1170. The quantitative estimate of drug-likeness (QED) is 0.178. The maximum Gasteiger partial charge on any atom is 0.166 e. The lowest BCUT2D eigenvalue weighted by Gasteiger charge is -2.07. The van der Waals surface area contributed by atoms with Crippen LogP contribution in [-0.2, 0) is 21.8 Å². The van der Waals surface area contributed by atoms with Crippen LogP contribution in [0, 0.1) is 0 Å². The highest BCUT2D eigenvalue weighted by molar-refractivity contribution is 7.97. The van der Waals surface area contributed by atoms with E-state index >= 15 is 0 Å². The molecule has 0 aliphatic rings. The smallest absolute Gasteiger partial charge is 0.0776 e. The van der Waals surface area contributed by atoms with Gasteiger partial charge in [-0.1, -0.05) is 124 Å². The summed E-state index contributed by atoms with van der Waals surface area (Å²) in [4.78, 5) is 8.17. The van der Waals surface area contributed by atoms with Crippen LogP contribution in [-0.4, -0.2) is 0 Å². The topological polar surface area (TPSA) is 0 Å². The van der Waals surface area contributed by atoms with E-state index in [0.717, 1.165) is 0 Å². The first kappa shape index (κ1) is 30.6. The molecule has 200 valence electrons. The molecule has 0 saturated carbocycles. The van der Waals surface area contributed by atoms with Gasteiger partial charge >= 0.3 is 0 Å². The molecule has 0 bridgehead atoms. The molecular weight excluding hydrogens is 521 g/mol. The molecule has 0 nitrogen and oxygen atoms in total. The van der Waals surface area contributed by atoms with Gasteiger partial charge in [0.2, 0.25) is 0 Å². The standard InChI is InChI=1S/2C18H15S.2CH4/c2*1-4-10-16(11-5-1)19(17-12-6-2-7-13-17)18-14-8-3-9-15-18;;/h2*1-15H;2*1H4/q2*+1;;. The molecule has 0 radical (unpaired) electrons. The molecule has 0 aliphatic carbocycles. The highest BCUT2D eigenvalue weighted by Gasteiger charge is 2.28. The summed E-state index contributed by atoms with van der Waals surface area (Å²) in [5.41, 5.74) is 0. The Labute approximate surface area is 247 Å². The van der Waals surface area contributed by atoms with E-state index in [1.54, 1.807) is 0 Å². The third-order valence-electron chi connectivity index (χ3n) is 5.87. The van der Waals surface area contributed by atoms with Crippen LogP contribution in [0.25, 0.3) is 0 Å². The van der Waals surface area contributed by atoms with Gasteiger partial charge in [-0.05, 0) is 72.8 Å². The monoisotopic (exact) mass is 558 g/mol. The van der Waals surface area contributed by atoms with E-state index in [1.165, 1.54) is 29.4 Å². The summed E-state index contributed by atoms with van der Waals surface area (Å²) in [6.45, 7) is 0. The second-order valence-corrected chi connectivity index (χ2v) is 12.5. The highest BCUT2D eigenvalue weighted by Crippen LogP contribution is 2.31. The molecule has 0 N–H and O–H groups in total. The summed E-state index contributed by atoms with van der Waals surface area (Å²) >= 11 is 0. The SMILES string of the molecule is C.C.c1ccc([S+](c2ccccc2)c2ccccc2)cc1.c1ccc([S+](c2ccccc2)c2ccccc2)cc1. The molecule has 0 amide bonds. The van der Waals surface area contributed by atoms with Crippen LogP contribution in [0.4, 0.5) is 0 Å². The van der Waals surface area contributed by atoms with Crippen molar-refractivity contribution >= 4 is 21.8 Å². The number of hydrogen-bond donors (Lipinski definition) is 0. The normalized spacial score (nSPS) is 10.1. The second kappa shape index (κ2) is 16.2. The van der Waals surface area contributed by atoms with Gasteiger partial charge in [-0.2, -0.15) is 0 Å². The van der Waals surface area contributed by atoms with Crippen molar-refractivity contribution < 1.29 is 0 Å². The molecule has 40 heavy (non-hydrogen) atoms. The first-order valence-corrected chi connectivity index (χ1v) is 15.1. The van der Waals surface area contributed by atoms with Gasteiger partial charge in [0.05, 0.1) is 21.8 Å². The zero-order chi connectivity index (χ0) is 25.8. The van der Waals surface area contributed by atoms with Crippen LogP contribution < -0.4 is 0 Å². The van der Waals surface area contributed by atoms with Crippen molar-refractivity contribution in [2.75, 3.05) is 0 Å². The maximum atomic E-state index is 2.21. The zero-order valence-corrected chi connectivity index (χ0v) is 22.8. The molecule has 0 aliphatic heterocycles. The lowest BCUT2D eigenvalue weighted by molar-refractivity contribution is 1.32. The van der Waals surface area contributed by atoms with Gasteiger partial charge in [0.25, 0.3) is 0 Å². The first-order valence-electron chi connectivity index (χ1n) is 12.7. The third-order valence-corrected chi connectivity index (χ3v) is 10.3. The Hall–Kier alpha value is -3.98. The van der Waals surface area contributed by atoms with Crippen molar-refractivity contribution in [1.29, 1.82) is 0 Å². The summed E-state index contributed by atoms with van der Waals surface area (Å²) in [6.07, 6.45) is 0. The summed E-state index contributed by atoms with van der Waals surface area (Å²) in [5, 5.41) is 0. The van der Waals surface area contributed by atoms with E-state index < -0.39 is 0 Å². The van der Waals surface area contributed by atoms with E-state index in [0.29, 0.717) is 0 Å². The lowest BCUT2D eigenvalue weighted by atomic mass is 10.4. The van der Waals surface area contributed by atoms with E-state index in [1.807, 2.05) is 0 Å². The third kappa shape index (κ3) is 8.02. The van der Waals surface area contributed by atoms with Crippen molar-refractivity contribution in [3.8, 4) is 0 Å². The Morgan fingerprint density at radius 2 is 0.325 bits per heavy atom. The Morgan fingerprint density at radius 3 is 0.450 bits per heavy atom. The van der Waals surface area contributed by atoms with E-state index in [2.05, 4.69) is 182 Å². The molecule has 0 heterocycles. The van der Waals surface area contributed by atoms with Gasteiger partial charge in [-0.3, -0.25) is 0 Å². The molecule has 0 unspecified atom stereocenters. The minimum atomic E-state index is -0.0146. The average Bonchev–Trinajstić information content (AvgIpc) is 3.01. The average molecular weight is 559 g/mol. The molecule has 0 spiro atoms. The minimum absolute atomic E-state index is 0. The predicted molar refractivity (Wildman–Crippen MR) is 176 cm³/mol. The summed E-state index contributed by atoms with van der Waals surface area (Å²) in [5.74, 6) is 0. The fraction of sp³-hybridized carbons (Fsp3) is 0.0526. The van der Waals surface area contributed by atoms with Crippen LogP contribution >= 0.6 is 0 Å². The molecule has 6 rings (SSSR count). The fourth-order valence-electron chi connectivity index (χ4n) is 4.16. The Balaban J connectivity index is 0.000000210. The van der Waals surface area contributed by atoms with E-state index in [9.17, 15) is 0 Å². The van der Waals surface area contributed by atoms with Gasteiger partial charge in [-0.15, -0.1) is 0 Å². The molecule has 0 saturated heterocycles. The Kier molecular flexibility index (Phi) is 12.4. The minimum Gasteiger partial charge on any atom is -0.0776 e. The fourth-order valence-corrected chi connectivity index (χ4v) is 8.36. The number of benzene rings is 6. The summed E-state index contributed by atoms with van der Waals surface area (Å²) in [7, 11) is -0.0293. The molecule has 6 aromatic rings. The van der Waals surface area contributed by atoms with Gasteiger partial charge in [0, 0.05) is 0 Å². The van der Waals surface area contributed by atoms with Gasteiger partial charge < -0.3 is 0 Å². The van der Waals surface area contributed by atoms with E-state index in [4.69, 9.17) is 0 Å². The summed E-state index contributed by atoms with van der Waals surface area (Å²) in [6, 6.07) is 64.3. The van der Waals surface area contributed by atoms with Crippen LogP contribution in [0.15, 0.2) is 211 Å². The van der Waals surface area contributed by atoms with Crippen LogP contribution in [0.3, 0.4) is 0 Å². The molecular formula is C38H38S2+2. The lowest BCUT2D eigenvalue weighted by Crippen LogP contribution is -2.04. The van der Waals surface area contributed by atoms with Gasteiger partial charge in [-0.25, -0.2) is 0 Å². The Morgan fingerprint density at radius 1 is 0.200 bits per heavy atom. The maximum absolute atomic E-state index is 2.21. The van der Waals surface area contributed by atoms with Crippen molar-refractivity contribution in [1.82, 2.24) is 0 Å². The summed E-state index contributed by atoms with van der Waals surface area (Å²) < 4.78 is 0. The van der Waals surface area contributed by atoms with Crippen LogP contribution in [0.1, 0.15) is 14.9 Å². The van der Waals surface area contributed by atoms with Crippen molar-refractivity contribution in [3.05, 3.63) is 182 Å². The van der Waals surface area contributed by atoms with E-state index in [-0.39, 0.29) is 36.6 Å². The van der Waals surface area contributed by atoms with Crippen molar-refractivity contribution in [3.63, 3.8) is 0 Å². The largest absolute Gasteiger partial charge is 0.166 e. The second-order valence-electron chi connectivity index (χ2n) is 8.49. The molecule has 0 aromatic heterocycles. The van der Waals surface area contributed by atoms with Gasteiger partial charge in [0.1, 0.15) is 0 Å². The molecule has 0 fully saturated rings. The molecule has 6 aromatic carbocycles. The number of hydrogen-bond acceptors (Lipinski definition) is 0. The molecule has 0 atom stereocenters. The van der Waals surface area contributed by atoms with Crippen LogP contribution in [0.5, 0.6) is 0 Å². The van der Waals surface area contributed by atoms with Crippen molar-refractivity contribution in [2.24, 2.45) is 0 Å². The van der Waals surface area contributed by atoms with Crippen molar-refractivity contribution in [2.45, 2.75) is 44.2 Å². The zero-order valence-electron chi connectivity index (χ0n) is 21.1. The first-order chi connectivity index (χ1) is 18.9. The highest BCUT2D eigenvalue weighted by atomic mass is 32.2. The molecule has 2 heteroatoms. The van der Waals surface area contributed by atoms with Crippen LogP contribution in [0.2, 0.25) is 0 Å². The predicted octanol–water partition coefficient (Wildman–Crippen LogP) is 10.8. The van der Waals surface area contributed by atoms with Gasteiger partial charge in [0.15, 0.2) is 29.4 Å². The number of rotatable bonds is 6.